The Balaban J connectivity index is 3.47. The van der Waals surface area contributed by atoms with Gasteiger partial charge in [-0.25, -0.2) is 0 Å². The molecule has 64 valence electrons. The van der Waals surface area contributed by atoms with Gasteiger partial charge in [0.25, 0.3) is 0 Å². The van der Waals surface area contributed by atoms with Crippen molar-refractivity contribution in [1.29, 1.82) is 0 Å². The highest BCUT2D eigenvalue weighted by molar-refractivity contribution is 4.97. The molecule has 0 unspecified atom stereocenters. The lowest BCUT2D eigenvalue weighted by atomic mass is 10.1. The first kappa shape index (κ1) is 10.1. The van der Waals surface area contributed by atoms with E-state index in [-0.39, 0.29) is 11.5 Å². The molecule has 0 amide bonds. The molecule has 0 radical (unpaired) electrons. The van der Waals surface area contributed by atoms with Crippen LogP contribution >= 0.6 is 0 Å². The van der Waals surface area contributed by atoms with Gasteiger partial charge < -0.3 is 0 Å². The molecule has 0 N–H and O–H groups in total. The van der Waals surface area contributed by atoms with Gasteiger partial charge in [-0.05, 0) is 13.3 Å². The highest BCUT2D eigenvalue weighted by atomic mass is 16.6. The minimum Gasteiger partial charge on any atom is -0.265 e. The summed E-state index contributed by atoms with van der Waals surface area (Å²) in [6.07, 6.45) is 4.68. The third kappa shape index (κ3) is 7.03. The van der Waals surface area contributed by atoms with Crippen LogP contribution in [-0.4, -0.2) is 11.5 Å². The number of hydrogen-bond acceptors (Lipinski definition) is 2. The van der Waals surface area contributed by atoms with Crippen molar-refractivity contribution >= 4 is 0 Å². The van der Waals surface area contributed by atoms with Gasteiger partial charge in [0.1, 0.15) is 0 Å². The van der Waals surface area contributed by atoms with E-state index in [9.17, 15) is 10.1 Å². The van der Waals surface area contributed by atoms with E-state index >= 15 is 0 Å². The molecule has 0 bridgehead atoms. The Morgan fingerprint density at radius 2 is 2.27 bits per heavy atom. The largest absolute Gasteiger partial charge is 0.265 e. The van der Waals surface area contributed by atoms with Crippen LogP contribution in [-0.2, 0) is 0 Å². The van der Waals surface area contributed by atoms with Gasteiger partial charge in [0.2, 0.25) is 6.54 Å². The molecule has 3 heteroatoms. The van der Waals surface area contributed by atoms with Crippen LogP contribution in [0.1, 0.15) is 33.1 Å². The molecule has 0 aliphatic rings. The van der Waals surface area contributed by atoms with E-state index in [4.69, 9.17) is 0 Å². The highest BCUT2D eigenvalue weighted by Gasteiger charge is 1.93. The Morgan fingerprint density at radius 1 is 1.64 bits per heavy atom. The van der Waals surface area contributed by atoms with Crippen LogP contribution in [0.25, 0.3) is 0 Å². The lowest BCUT2D eigenvalue weighted by Crippen LogP contribution is -1.98. The van der Waals surface area contributed by atoms with E-state index in [0.29, 0.717) is 6.42 Å². The lowest BCUT2D eigenvalue weighted by molar-refractivity contribution is -0.478. The van der Waals surface area contributed by atoms with E-state index in [0.717, 1.165) is 12.8 Å². The molecule has 3 nitrogen and oxygen atoms in total. The van der Waals surface area contributed by atoms with Gasteiger partial charge >= 0.3 is 0 Å². The molecule has 0 aromatic carbocycles. The molecule has 0 aliphatic heterocycles. The fourth-order valence-electron chi connectivity index (χ4n) is 0.913. The van der Waals surface area contributed by atoms with Gasteiger partial charge in [0.15, 0.2) is 0 Å². The van der Waals surface area contributed by atoms with Crippen LogP contribution in [0.2, 0.25) is 0 Å². The second-order valence-electron chi connectivity index (χ2n) is 2.65. The van der Waals surface area contributed by atoms with Gasteiger partial charge in [0, 0.05) is 11.3 Å². The third-order valence-electron chi connectivity index (χ3n) is 1.45. The van der Waals surface area contributed by atoms with Crippen molar-refractivity contribution in [1.82, 2.24) is 0 Å². The summed E-state index contributed by atoms with van der Waals surface area (Å²) in [5.41, 5.74) is 1.26. The number of hydrogen-bond donors (Lipinski definition) is 0. The standard InChI is InChI=1S/C8H15NO2/c1-3-5-8(2)6-4-7-9(10)11/h6H,3-5,7H2,1-2H3/b8-6-. The fraction of sp³-hybridized carbons (Fsp3) is 0.750. The zero-order valence-corrected chi connectivity index (χ0v) is 7.17. The smallest absolute Gasteiger partial charge is 0.207 e. The molecule has 0 spiro atoms. The molecule has 0 saturated heterocycles. The molecule has 0 atom stereocenters. The summed E-state index contributed by atoms with van der Waals surface area (Å²) in [6.45, 7) is 4.18. The molecule has 0 saturated carbocycles. The number of rotatable bonds is 5. The summed E-state index contributed by atoms with van der Waals surface area (Å²) >= 11 is 0. The summed E-state index contributed by atoms with van der Waals surface area (Å²) in [7, 11) is 0. The number of nitrogens with zero attached hydrogens (tertiary/aromatic N) is 1. The second kappa shape index (κ2) is 5.89. The third-order valence-corrected chi connectivity index (χ3v) is 1.45. The average Bonchev–Trinajstić information content (AvgIpc) is 1.87. The first-order valence-electron chi connectivity index (χ1n) is 3.94. The van der Waals surface area contributed by atoms with Crippen molar-refractivity contribution in [2.75, 3.05) is 6.54 Å². The van der Waals surface area contributed by atoms with Crippen molar-refractivity contribution in [3.05, 3.63) is 21.8 Å². The average molecular weight is 157 g/mol. The fourth-order valence-corrected chi connectivity index (χ4v) is 0.913. The zero-order chi connectivity index (χ0) is 8.69. The summed E-state index contributed by atoms with van der Waals surface area (Å²) in [6, 6.07) is 0. The molecule has 11 heavy (non-hydrogen) atoms. The molecule has 0 rings (SSSR count). The highest BCUT2D eigenvalue weighted by Crippen LogP contribution is 2.03. The maximum absolute atomic E-state index is 9.91. The van der Waals surface area contributed by atoms with Gasteiger partial charge in [-0.15, -0.1) is 0 Å². The molecular weight excluding hydrogens is 142 g/mol. The predicted molar refractivity (Wildman–Crippen MR) is 45.1 cm³/mol. The van der Waals surface area contributed by atoms with Crippen LogP contribution in [0.15, 0.2) is 11.6 Å². The van der Waals surface area contributed by atoms with Crippen molar-refractivity contribution in [3.63, 3.8) is 0 Å². The van der Waals surface area contributed by atoms with Crippen LogP contribution in [0.4, 0.5) is 0 Å². The first-order chi connectivity index (χ1) is 5.16. The van der Waals surface area contributed by atoms with Crippen molar-refractivity contribution in [2.24, 2.45) is 0 Å². The molecule has 0 heterocycles. The van der Waals surface area contributed by atoms with E-state index in [2.05, 4.69) is 6.92 Å². The monoisotopic (exact) mass is 157 g/mol. The topological polar surface area (TPSA) is 43.1 Å². The molecular formula is C8H15NO2. The molecule has 0 fully saturated rings. The van der Waals surface area contributed by atoms with Gasteiger partial charge in [0.05, 0.1) is 0 Å². The summed E-state index contributed by atoms with van der Waals surface area (Å²) in [5.74, 6) is 0. The minimum absolute atomic E-state index is 0.0566. The lowest BCUT2D eigenvalue weighted by Gasteiger charge is -1.95. The summed E-state index contributed by atoms with van der Waals surface area (Å²) < 4.78 is 0. The SMILES string of the molecule is CCC/C(C)=C\CC[N+](=O)[O-]. The Labute approximate surface area is 67.3 Å². The summed E-state index contributed by atoms with van der Waals surface area (Å²) in [4.78, 5) is 9.63. The number of nitro groups is 1. The Kier molecular flexibility index (Phi) is 5.43. The Morgan fingerprint density at radius 3 is 2.73 bits per heavy atom. The molecule has 0 aromatic rings. The van der Waals surface area contributed by atoms with E-state index in [1.807, 2.05) is 13.0 Å². The van der Waals surface area contributed by atoms with E-state index in [1.165, 1.54) is 5.57 Å². The number of allylic oxidation sites excluding steroid dienone is 1. The normalized spacial score (nSPS) is 11.6. The molecule has 0 aromatic heterocycles. The zero-order valence-electron chi connectivity index (χ0n) is 7.17. The predicted octanol–water partition coefficient (Wildman–Crippen LogP) is 2.40. The van der Waals surface area contributed by atoms with Crippen LogP contribution < -0.4 is 0 Å². The van der Waals surface area contributed by atoms with Crippen LogP contribution in [0, 0.1) is 10.1 Å². The summed E-state index contributed by atoms with van der Waals surface area (Å²) in [5, 5.41) is 9.91. The Hall–Kier alpha value is -0.860. The minimum atomic E-state index is -0.282. The van der Waals surface area contributed by atoms with E-state index < -0.39 is 0 Å². The van der Waals surface area contributed by atoms with Crippen LogP contribution in [0.5, 0.6) is 0 Å². The maximum atomic E-state index is 9.91. The van der Waals surface area contributed by atoms with Crippen molar-refractivity contribution in [3.8, 4) is 0 Å². The van der Waals surface area contributed by atoms with Gasteiger partial charge in [-0.3, -0.25) is 10.1 Å². The second-order valence-corrected chi connectivity index (χ2v) is 2.65. The van der Waals surface area contributed by atoms with Crippen molar-refractivity contribution < 1.29 is 4.92 Å². The van der Waals surface area contributed by atoms with Gasteiger partial charge in [-0.1, -0.05) is 25.0 Å². The van der Waals surface area contributed by atoms with Crippen LogP contribution in [0.3, 0.4) is 0 Å². The quantitative estimate of drug-likeness (QED) is 0.349. The molecule has 0 aliphatic carbocycles. The first-order valence-corrected chi connectivity index (χ1v) is 3.94. The van der Waals surface area contributed by atoms with Gasteiger partial charge in [-0.2, -0.15) is 0 Å². The maximum Gasteiger partial charge on any atom is 0.207 e. The van der Waals surface area contributed by atoms with Crippen molar-refractivity contribution in [2.45, 2.75) is 33.1 Å². The Bertz CT molecular complexity index is 152. The van der Waals surface area contributed by atoms with E-state index in [1.54, 1.807) is 0 Å².